The number of nitrogens with one attached hydrogen (secondary N) is 1. The van der Waals surface area contributed by atoms with Crippen LogP contribution < -0.4 is 11.1 Å². The molecule has 0 aromatic rings. The fraction of sp³-hybridized carbons (Fsp3) is 0.933. The van der Waals surface area contributed by atoms with Crippen LogP contribution in [0.4, 0.5) is 0 Å². The number of carbonyl (C=O) groups excluding carboxylic acids is 1. The summed E-state index contributed by atoms with van der Waals surface area (Å²) in [6.45, 7) is 11.0. The van der Waals surface area contributed by atoms with Crippen LogP contribution in [0, 0.1) is 11.8 Å². The molecular formula is C15H31N3O. The van der Waals surface area contributed by atoms with E-state index in [-0.39, 0.29) is 18.0 Å². The van der Waals surface area contributed by atoms with Crippen molar-refractivity contribution in [2.45, 2.75) is 59.0 Å². The van der Waals surface area contributed by atoms with E-state index in [1.807, 2.05) is 0 Å². The van der Waals surface area contributed by atoms with E-state index in [1.165, 1.54) is 12.8 Å². The van der Waals surface area contributed by atoms with Crippen LogP contribution in [0.15, 0.2) is 0 Å². The molecule has 19 heavy (non-hydrogen) atoms. The van der Waals surface area contributed by atoms with Crippen LogP contribution >= 0.6 is 0 Å². The highest BCUT2D eigenvalue weighted by atomic mass is 16.2. The number of nitrogens with zero attached hydrogens (tertiary/aromatic N) is 1. The SMILES string of the molecule is CC(C)CCCC(C)NC(=O)CN1CC(C)C(N)C1. The van der Waals surface area contributed by atoms with Gasteiger partial charge in [-0.1, -0.05) is 33.6 Å². The molecule has 1 rings (SSSR count). The number of hydrogen-bond acceptors (Lipinski definition) is 3. The largest absolute Gasteiger partial charge is 0.353 e. The van der Waals surface area contributed by atoms with E-state index in [2.05, 4.69) is 37.9 Å². The summed E-state index contributed by atoms with van der Waals surface area (Å²) in [7, 11) is 0. The van der Waals surface area contributed by atoms with Crippen molar-refractivity contribution >= 4 is 5.91 Å². The minimum absolute atomic E-state index is 0.137. The molecular weight excluding hydrogens is 238 g/mol. The van der Waals surface area contributed by atoms with Gasteiger partial charge in [-0.3, -0.25) is 9.69 Å². The number of rotatable bonds is 7. The molecule has 1 aliphatic rings. The molecule has 1 amide bonds. The van der Waals surface area contributed by atoms with Crippen molar-refractivity contribution in [1.29, 1.82) is 0 Å². The summed E-state index contributed by atoms with van der Waals surface area (Å²) >= 11 is 0. The Kier molecular flexibility index (Phi) is 6.80. The number of nitrogens with two attached hydrogens (primary N) is 1. The van der Waals surface area contributed by atoms with Crippen molar-refractivity contribution in [2.24, 2.45) is 17.6 Å². The summed E-state index contributed by atoms with van der Waals surface area (Å²) in [6.07, 6.45) is 3.49. The summed E-state index contributed by atoms with van der Waals surface area (Å²) in [5.74, 6) is 1.38. The van der Waals surface area contributed by atoms with Crippen molar-refractivity contribution < 1.29 is 4.79 Å². The minimum Gasteiger partial charge on any atom is -0.353 e. The summed E-state index contributed by atoms with van der Waals surface area (Å²) in [4.78, 5) is 14.1. The first kappa shape index (κ1) is 16.4. The smallest absolute Gasteiger partial charge is 0.234 e. The molecule has 0 bridgehead atoms. The van der Waals surface area contributed by atoms with Crippen LogP contribution in [0.3, 0.4) is 0 Å². The van der Waals surface area contributed by atoms with E-state index in [1.54, 1.807) is 0 Å². The third-order valence-electron chi connectivity index (χ3n) is 3.94. The maximum absolute atomic E-state index is 11.9. The van der Waals surface area contributed by atoms with Gasteiger partial charge < -0.3 is 11.1 Å². The van der Waals surface area contributed by atoms with Crippen LogP contribution in [0.5, 0.6) is 0 Å². The van der Waals surface area contributed by atoms with E-state index in [9.17, 15) is 4.79 Å². The molecule has 112 valence electrons. The van der Waals surface area contributed by atoms with Crippen molar-refractivity contribution in [1.82, 2.24) is 10.2 Å². The summed E-state index contributed by atoms with van der Waals surface area (Å²) < 4.78 is 0. The Labute approximate surface area is 118 Å². The highest BCUT2D eigenvalue weighted by molar-refractivity contribution is 5.78. The second-order valence-electron chi connectivity index (χ2n) is 6.63. The van der Waals surface area contributed by atoms with Crippen molar-refractivity contribution in [3.8, 4) is 0 Å². The average molecular weight is 269 g/mol. The van der Waals surface area contributed by atoms with Gasteiger partial charge in [0.15, 0.2) is 0 Å². The lowest BCUT2D eigenvalue weighted by molar-refractivity contribution is -0.122. The van der Waals surface area contributed by atoms with Gasteiger partial charge in [-0.2, -0.15) is 0 Å². The van der Waals surface area contributed by atoms with Gasteiger partial charge >= 0.3 is 0 Å². The number of hydrogen-bond donors (Lipinski definition) is 2. The molecule has 0 spiro atoms. The van der Waals surface area contributed by atoms with Gasteiger partial charge in [0.05, 0.1) is 6.54 Å². The fourth-order valence-electron chi connectivity index (χ4n) is 2.65. The van der Waals surface area contributed by atoms with E-state index >= 15 is 0 Å². The Bertz CT molecular complexity index is 271. The molecule has 3 unspecified atom stereocenters. The molecule has 4 heteroatoms. The van der Waals surface area contributed by atoms with Crippen molar-refractivity contribution in [2.75, 3.05) is 19.6 Å². The standard InChI is InChI=1S/C15H31N3O/c1-11(2)6-5-7-13(4)17-15(19)10-18-8-12(3)14(16)9-18/h11-14H,5-10,16H2,1-4H3,(H,17,19). The van der Waals surface area contributed by atoms with Gasteiger partial charge in [0, 0.05) is 25.2 Å². The van der Waals surface area contributed by atoms with Gasteiger partial charge in [-0.15, -0.1) is 0 Å². The monoisotopic (exact) mass is 269 g/mol. The Hall–Kier alpha value is -0.610. The molecule has 1 heterocycles. The normalized spacial score (nSPS) is 25.8. The Balaban J connectivity index is 2.16. The highest BCUT2D eigenvalue weighted by Gasteiger charge is 2.27. The zero-order valence-electron chi connectivity index (χ0n) is 13.0. The van der Waals surface area contributed by atoms with Gasteiger partial charge in [-0.05, 0) is 25.2 Å². The third-order valence-corrected chi connectivity index (χ3v) is 3.94. The Morgan fingerprint density at radius 3 is 2.53 bits per heavy atom. The maximum Gasteiger partial charge on any atom is 0.234 e. The number of amides is 1. The quantitative estimate of drug-likeness (QED) is 0.738. The van der Waals surface area contributed by atoms with E-state index in [0.29, 0.717) is 12.5 Å². The van der Waals surface area contributed by atoms with Gasteiger partial charge in [0.2, 0.25) is 5.91 Å². The van der Waals surface area contributed by atoms with E-state index < -0.39 is 0 Å². The second-order valence-corrected chi connectivity index (χ2v) is 6.63. The van der Waals surface area contributed by atoms with Crippen LogP contribution in [0.1, 0.15) is 47.0 Å². The highest BCUT2D eigenvalue weighted by Crippen LogP contribution is 2.13. The van der Waals surface area contributed by atoms with Gasteiger partial charge in [-0.25, -0.2) is 0 Å². The lowest BCUT2D eigenvalue weighted by Gasteiger charge is -2.18. The first-order chi connectivity index (χ1) is 8.88. The zero-order chi connectivity index (χ0) is 14.4. The Morgan fingerprint density at radius 2 is 2.00 bits per heavy atom. The number of likely N-dealkylation sites (tertiary alicyclic amines) is 1. The third kappa shape index (κ3) is 6.39. The van der Waals surface area contributed by atoms with E-state index in [4.69, 9.17) is 5.73 Å². The predicted molar refractivity (Wildman–Crippen MR) is 79.9 cm³/mol. The number of carbonyl (C=O) groups is 1. The molecule has 0 aromatic carbocycles. The van der Waals surface area contributed by atoms with E-state index in [0.717, 1.165) is 25.4 Å². The summed E-state index contributed by atoms with van der Waals surface area (Å²) in [5, 5.41) is 3.09. The lowest BCUT2D eigenvalue weighted by atomic mass is 10.0. The zero-order valence-corrected chi connectivity index (χ0v) is 13.0. The molecule has 3 atom stereocenters. The summed E-state index contributed by atoms with van der Waals surface area (Å²) in [6, 6.07) is 0.496. The molecule has 0 radical (unpaired) electrons. The first-order valence-corrected chi connectivity index (χ1v) is 7.65. The molecule has 0 aliphatic carbocycles. The Morgan fingerprint density at radius 1 is 1.32 bits per heavy atom. The molecule has 1 saturated heterocycles. The van der Waals surface area contributed by atoms with Crippen LogP contribution in [-0.2, 0) is 4.79 Å². The predicted octanol–water partition coefficient (Wildman–Crippen LogP) is 1.60. The van der Waals surface area contributed by atoms with Crippen LogP contribution in [-0.4, -0.2) is 42.5 Å². The fourth-order valence-corrected chi connectivity index (χ4v) is 2.65. The molecule has 1 fully saturated rings. The lowest BCUT2D eigenvalue weighted by Crippen LogP contribution is -2.41. The molecule has 4 nitrogen and oxygen atoms in total. The van der Waals surface area contributed by atoms with Crippen LogP contribution in [0.25, 0.3) is 0 Å². The molecule has 0 aromatic heterocycles. The minimum atomic E-state index is 0.137. The molecule has 3 N–H and O–H groups in total. The van der Waals surface area contributed by atoms with Crippen molar-refractivity contribution in [3.05, 3.63) is 0 Å². The van der Waals surface area contributed by atoms with Crippen molar-refractivity contribution in [3.63, 3.8) is 0 Å². The average Bonchev–Trinajstić information content (AvgIpc) is 2.56. The molecule has 0 saturated carbocycles. The molecule has 1 aliphatic heterocycles. The second kappa shape index (κ2) is 7.85. The van der Waals surface area contributed by atoms with Gasteiger partial charge in [0.25, 0.3) is 0 Å². The maximum atomic E-state index is 11.9. The van der Waals surface area contributed by atoms with Crippen LogP contribution in [0.2, 0.25) is 0 Å². The van der Waals surface area contributed by atoms with Gasteiger partial charge in [0.1, 0.15) is 0 Å². The topological polar surface area (TPSA) is 58.4 Å². The first-order valence-electron chi connectivity index (χ1n) is 7.65. The summed E-state index contributed by atoms with van der Waals surface area (Å²) in [5.41, 5.74) is 5.97.